The number of urea groups is 1. The Morgan fingerprint density at radius 2 is 2.08 bits per heavy atom. The maximum atomic E-state index is 11.7. The molecule has 3 N–H and O–H groups in total. The Morgan fingerprint density at radius 1 is 1.35 bits per heavy atom. The van der Waals surface area contributed by atoms with E-state index < -0.39 is 12.0 Å². The van der Waals surface area contributed by atoms with Crippen molar-refractivity contribution in [3.8, 4) is 10.9 Å². The first-order valence-corrected chi connectivity index (χ1v) is 8.88. The first kappa shape index (κ1) is 19.9. The smallest absolute Gasteiger partial charge is 0.319 e. The lowest BCUT2D eigenvalue weighted by Crippen LogP contribution is -2.30. The zero-order valence-corrected chi connectivity index (χ0v) is 16.1. The van der Waals surface area contributed by atoms with Gasteiger partial charge in [0.25, 0.3) is 5.19 Å². The van der Waals surface area contributed by atoms with Crippen molar-refractivity contribution in [2.75, 3.05) is 11.9 Å². The molecular formula is C16H19ClN4O4S. The van der Waals surface area contributed by atoms with E-state index in [0.717, 1.165) is 11.5 Å². The molecule has 2 amide bonds. The fraction of sp³-hybridized carbons (Fsp3) is 0.375. The minimum Gasteiger partial charge on any atom is -0.481 e. The van der Waals surface area contributed by atoms with Crippen LogP contribution >= 0.6 is 23.1 Å². The van der Waals surface area contributed by atoms with Gasteiger partial charge >= 0.3 is 12.0 Å². The van der Waals surface area contributed by atoms with E-state index in [9.17, 15) is 9.59 Å². The van der Waals surface area contributed by atoms with E-state index in [1.54, 1.807) is 12.1 Å². The second-order valence-electron chi connectivity index (χ2n) is 6.41. The molecule has 26 heavy (non-hydrogen) atoms. The van der Waals surface area contributed by atoms with Crippen LogP contribution in [-0.2, 0) is 10.2 Å². The summed E-state index contributed by atoms with van der Waals surface area (Å²) in [7, 11) is 0. The van der Waals surface area contributed by atoms with Crippen molar-refractivity contribution in [3.63, 3.8) is 0 Å². The average molecular weight is 399 g/mol. The number of carbonyl (C=O) groups excluding carboxylic acids is 1. The standard InChI is InChI=1S/C16H19ClN4O4S/c1-16(2,3)13-20-15(26-21-13)25-11-5-4-9(8-10(11)17)19-14(24)18-7-6-12(22)23/h4-5,8H,6-7H2,1-3H3,(H,22,23)(H2,18,19,24). The van der Waals surface area contributed by atoms with Crippen LogP contribution in [0.25, 0.3) is 0 Å². The number of carboxylic acid groups (broad SMARTS) is 1. The number of rotatable bonds is 6. The number of aliphatic carboxylic acids is 1. The average Bonchev–Trinajstić information content (AvgIpc) is 2.98. The van der Waals surface area contributed by atoms with E-state index in [1.807, 2.05) is 20.8 Å². The number of hydrogen-bond acceptors (Lipinski definition) is 6. The van der Waals surface area contributed by atoms with Gasteiger partial charge in [0.1, 0.15) is 5.75 Å². The summed E-state index contributed by atoms with van der Waals surface area (Å²) in [5, 5.41) is 14.2. The number of carbonyl (C=O) groups is 2. The molecule has 0 saturated carbocycles. The van der Waals surface area contributed by atoms with Crippen LogP contribution < -0.4 is 15.4 Å². The van der Waals surface area contributed by atoms with Crippen LogP contribution in [0.5, 0.6) is 10.9 Å². The molecule has 0 aliphatic rings. The number of halogens is 1. The van der Waals surface area contributed by atoms with Gasteiger partial charge in [-0.2, -0.15) is 9.36 Å². The van der Waals surface area contributed by atoms with Gasteiger partial charge in [0.15, 0.2) is 5.82 Å². The van der Waals surface area contributed by atoms with E-state index >= 15 is 0 Å². The quantitative estimate of drug-likeness (QED) is 0.680. The van der Waals surface area contributed by atoms with Gasteiger partial charge in [0.2, 0.25) is 0 Å². The topological polar surface area (TPSA) is 113 Å². The van der Waals surface area contributed by atoms with E-state index in [4.69, 9.17) is 21.4 Å². The normalized spacial score (nSPS) is 11.1. The number of benzene rings is 1. The van der Waals surface area contributed by atoms with Crippen molar-refractivity contribution in [1.29, 1.82) is 0 Å². The lowest BCUT2D eigenvalue weighted by atomic mass is 9.96. The fourth-order valence-corrected chi connectivity index (χ4v) is 2.72. The third-order valence-electron chi connectivity index (χ3n) is 3.09. The number of aromatic nitrogens is 2. The first-order valence-electron chi connectivity index (χ1n) is 7.73. The largest absolute Gasteiger partial charge is 0.481 e. The summed E-state index contributed by atoms with van der Waals surface area (Å²) in [6.45, 7) is 6.05. The van der Waals surface area contributed by atoms with Gasteiger partial charge in [-0.25, -0.2) is 4.79 Å². The molecule has 0 saturated heterocycles. The molecule has 0 bridgehead atoms. The number of nitrogens with zero attached hydrogens (tertiary/aromatic N) is 2. The highest BCUT2D eigenvalue weighted by atomic mass is 35.5. The van der Waals surface area contributed by atoms with Gasteiger partial charge in [0, 0.05) is 29.2 Å². The Balaban J connectivity index is 1.97. The third kappa shape index (κ3) is 5.85. The van der Waals surface area contributed by atoms with Crippen LogP contribution in [0.1, 0.15) is 33.0 Å². The van der Waals surface area contributed by atoms with Gasteiger partial charge in [-0.05, 0) is 18.2 Å². The van der Waals surface area contributed by atoms with Gasteiger partial charge < -0.3 is 20.5 Å². The first-order chi connectivity index (χ1) is 12.1. The zero-order chi connectivity index (χ0) is 19.3. The minimum atomic E-state index is -0.985. The maximum Gasteiger partial charge on any atom is 0.319 e. The molecule has 8 nitrogen and oxygen atoms in total. The summed E-state index contributed by atoms with van der Waals surface area (Å²) in [4.78, 5) is 26.4. The van der Waals surface area contributed by atoms with Gasteiger partial charge in [-0.15, -0.1) is 0 Å². The van der Waals surface area contributed by atoms with Crippen molar-refractivity contribution in [3.05, 3.63) is 29.0 Å². The number of anilines is 1. The van der Waals surface area contributed by atoms with E-state index in [0.29, 0.717) is 27.5 Å². The molecule has 0 aliphatic heterocycles. The van der Waals surface area contributed by atoms with Gasteiger partial charge in [0.05, 0.1) is 11.4 Å². The van der Waals surface area contributed by atoms with Crippen molar-refractivity contribution >= 4 is 40.8 Å². The fourth-order valence-electron chi connectivity index (χ4n) is 1.77. The molecule has 0 radical (unpaired) electrons. The summed E-state index contributed by atoms with van der Waals surface area (Å²) in [5.74, 6) is 0.0891. The number of nitrogens with one attached hydrogen (secondary N) is 2. The summed E-state index contributed by atoms with van der Waals surface area (Å²) in [6, 6.07) is 4.23. The van der Waals surface area contributed by atoms with Crippen LogP contribution in [0.2, 0.25) is 5.02 Å². The molecule has 2 rings (SSSR count). The number of ether oxygens (including phenoxy) is 1. The molecule has 0 unspecified atom stereocenters. The highest BCUT2D eigenvalue weighted by Crippen LogP contribution is 2.33. The second-order valence-corrected chi connectivity index (χ2v) is 7.53. The second kappa shape index (κ2) is 8.33. The highest BCUT2D eigenvalue weighted by Gasteiger charge is 2.20. The predicted molar refractivity (Wildman–Crippen MR) is 99.4 cm³/mol. The van der Waals surface area contributed by atoms with Crippen LogP contribution in [0, 0.1) is 0 Å². The van der Waals surface area contributed by atoms with E-state index in [2.05, 4.69) is 20.0 Å². The molecule has 0 spiro atoms. The summed E-state index contributed by atoms with van der Waals surface area (Å²) in [6.07, 6.45) is -0.153. The molecule has 1 heterocycles. The lowest BCUT2D eigenvalue weighted by Gasteiger charge is -2.12. The number of carboxylic acids is 1. The monoisotopic (exact) mass is 398 g/mol. The number of amides is 2. The molecule has 0 fully saturated rings. The Bertz CT molecular complexity index is 804. The van der Waals surface area contributed by atoms with Gasteiger partial charge in [-0.3, -0.25) is 4.79 Å². The lowest BCUT2D eigenvalue weighted by molar-refractivity contribution is -0.136. The Morgan fingerprint density at radius 3 is 2.65 bits per heavy atom. The van der Waals surface area contributed by atoms with Crippen molar-refractivity contribution < 1.29 is 19.4 Å². The van der Waals surface area contributed by atoms with Crippen LogP contribution in [0.3, 0.4) is 0 Å². The van der Waals surface area contributed by atoms with E-state index in [-0.39, 0.29) is 18.4 Å². The summed E-state index contributed by atoms with van der Waals surface area (Å²) in [5.41, 5.74) is 0.270. The van der Waals surface area contributed by atoms with Crippen molar-refractivity contribution in [2.45, 2.75) is 32.6 Å². The van der Waals surface area contributed by atoms with Gasteiger partial charge in [-0.1, -0.05) is 32.4 Å². The predicted octanol–water partition coefficient (Wildman–Crippen LogP) is 3.88. The third-order valence-corrected chi connectivity index (χ3v) is 3.98. The zero-order valence-electron chi connectivity index (χ0n) is 14.5. The minimum absolute atomic E-state index is 0.0310. The van der Waals surface area contributed by atoms with Crippen LogP contribution in [0.15, 0.2) is 18.2 Å². The highest BCUT2D eigenvalue weighted by molar-refractivity contribution is 7.07. The Hall–Kier alpha value is -2.39. The van der Waals surface area contributed by atoms with Crippen molar-refractivity contribution in [2.24, 2.45) is 0 Å². The molecule has 1 aromatic carbocycles. The van der Waals surface area contributed by atoms with Crippen molar-refractivity contribution in [1.82, 2.24) is 14.7 Å². The Labute approximate surface area is 159 Å². The SMILES string of the molecule is CC(C)(C)c1nsc(Oc2ccc(NC(=O)NCCC(=O)O)cc2Cl)n1. The Kier molecular flexibility index (Phi) is 6.38. The molecule has 0 atom stereocenters. The molecular weight excluding hydrogens is 380 g/mol. The van der Waals surface area contributed by atoms with Crippen LogP contribution in [-0.4, -0.2) is 33.0 Å². The summed E-state index contributed by atoms with van der Waals surface area (Å²) < 4.78 is 9.92. The molecule has 1 aromatic heterocycles. The molecule has 2 aromatic rings. The molecule has 0 aliphatic carbocycles. The molecule has 10 heteroatoms. The van der Waals surface area contributed by atoms with E-state index in [1.165, 1.54) is 6.07 Å². The maximum absolute atomic E-state index is 11.7. The van der Waals surface area contributed by atoms with Crippen LogP contribution in [0.4, 0.5) is 10.5 Å². The number of hydrogen-bond donors (Lipinski definition) is 3. The molecule has 140 valence electrons. The summed E-state index contributed by atoms with van der Waals surface area (Å²) >= 11 is 7.32.